The SMILES string of the molecule is O[C@H](c1ccccc1)C1(CN[C@@H]2CCc3ccccc3C2)CC1. The highest BCUT2D eigenvalue weighted by atomic mass is 16.3. The van der Waals surface area contributed by atoms with Crippen LogP contribution in [0.2, 0.25) is 0 Å². The first kappa shape index (κ1) is 14.9. The Kier molecular flexibility index (Phi) is 3.96. The fraction of sp³-hybridized carbons (Fsp3) is 0.429. The zero-order valence-electron chi connectivity index (χ0n) is 13.5. The van der Waals surface area contributed by atoms with E-state index in [0.717, 1.165) is 31.4 Å². The molecule has 2 atom stereocenters. The third kappa shape index (κ3) is 3.06. The summed E-state index contributed by atoms with van der Waals surface area (Å²) in [6.45, 7) is 0.926. The van der Waals surface area contributed by atoms with E-state index in [-0.39, 0.29) is 11.5 Å². The van der Waals surface area contributed by atoms with Crippen LogP contribution >= 0.6 is 0 Å². The van der Waals surface area contributed by atoms with E-state index in [1.165, 1.54) is 24.0 Å². The molecule has 0 radical (unpaired) electrons. The van der Waals surface area contributed by atoms with Crippen molar-refractivity contribution in [2.75, 3.05) is 6.54 Å². The van der Waals surface area contributed by atoms with E-state index >= 15 is 0 Å². The van der Waals surface area contributed by atoms with Crippen molar-refractivity contribution in [1.82, 2.24) is 5.32 Å². The molecule has 0 spiro atoms. The molecule has 0 amide bonds. The molecule has 2 aromatic rings. The number of nitrogens with one attached hydrogen (secondary N) is 1. The average Bonchev–Trinajstić information content (AvgIpc) is 3.41. The molecule has 0 aliphatic heterocycles. The minimum Gasteiger partial charge on any atom is -0.388 e. The summed E-state index contributed by atoms with van der Waals surface area (Å²) in [5.41, 5.74) is 4.11. The second-order valence-corrected chi connectivity index (χ2v) is 7.26. The predicted molar refractivity (Wildman–Crippen MR) is 93.3 cm³/mol. The third-order valence-electron chi connectivity index (χ3n) is 5.68. The summed E-state index contributed by atoms with van der Waals surface area (Å²) in [4.78, 5) is 0. The quantitative estimate of drug-likeness (QED) is 0.884. The van der Waals surface area contributed by atoms with Gasteiger partial charge in [-0.2, -0.15) is 0 Å². The molecule has 0 aromatic heterocycles. The normalized spacial score (nSPS) is 23.1. The van der Waals surface area contributed by atoms with Gasteiger partial charge < -0.3 is 10.4 Å². The number of aliphatic hydroxyl groups excluding tert-OH is 1. The highest BCUT2D eigenvalue weighted by Gasteiger charge is 2.49. The van der Waals surface area contributed by atoms with Gasteiger partial charge >= 0.3 is 0 Å². The summed E-state index contributed by atoms with van der Waals surface area (Å²) < 4.78 is 0. The first-order valence-corrected chi connectivity index (χ1v) is 8.80. The Morgan fingerprint density at radius 3 is 2.43 bits per heavy atom. The minimum absolute atomic E-state index is 0.0539. The maximum atomic E-state index is 10.8. The molecule has 0 bridgehead atoms. The minimum atomic E-state index is -0.341. The molecule has 2 N–H and O–H groups in total. The smallest absolute Gasteiger partial charge is 0.0858 e. The maximum Gasteiger partial charge on any atom is 0.0858 e. The van der Waals surface area contributed by atoms with Gasteiger partial charge in [0.15, 0.2) is 0 Å². The zero-order valence-corrected chi connectivity index (χ0v) is 13.5. The van der Waals surface area contributed by atoms with Crippen molar-refractivity contribution in [1.29, 1.82) is 0 Å². The second-order valence-electron chi connectivity index (χ2n) is 7.26. The number of rotatable bonds is 5. The van der Waals surface area contributed by atoms with E-state index in [9.17, 15) is 5.11 Å². The highest BCUT2D eigenvalue weighted by molar-refractivity contribution is 5.30. The molecule has 0 saturated heterocycles. The standard InChI is InChI=1S/C21H25NO/c23-20(17-7-2-1-3-8-17)21(12-13-21)15-22-19-11-10-16-6-4-5-9-18(16)14-19/h1-9,19-20,22-23H,10-15H2/t19-,20-/m1/s1. The molecule has 120 valence electrons. The van der Waals surface area contributed by atoms with Crippen molar-refractivity contribution in [3.63, 3.8) is 0 Å². The summed E-state index contributed by atoms with van der Waals surface area (Å²) in [5, 5.41) is 14.5. The lowest BCUT2D eigenvalue weighted by molar-refractivity contribution is 0.0895. The van der Waals surface area contributed by atoms with Crippen molar-refractivity contribution in [2.45, 2.75) is 44.2 Å². The molecule has 0 unspecified atom stereocenters. The monoisotopic (exact) mass is 307 g/mol. The van der Waals surface area contributed by atoms with E-state index in [0.29, 0.717) is 6.04 Å². The molecular formula is C21H25NO. The molecular weight excluding hydrogens is 282 g/mol. The van der Waals surface area contributed by atoms with Crippen LogP contribution in [0.25, 0.3) is 0 Å². The van der Waals surface area contributed by atoms with Crippen LogP contribution in [0.1, 0.15) is 42.1 Å². The predicted octanol–water partition coefficient (Wildman–Crippen LogP) is 3.65. The van der Waals surface area contributed by atoms with Crippen molar-refractivity contribution in [2.24, 2.45) is 5.41 Å². The zero-order chi connectivity index (χ0) is 15.7. The van der Waals surface area contributed by atoms with Crippen LogP contribution in [-0.2, 0) is 12.8 Å². The van der Waals surface area contributed by atoms with Crippen molar-refractivity contribution in [3.05, 3.63) is 71.3 Å². The van der Waals surface area contributed by atoms with Gasteiger partial charge in [0, 0.05) is 18.0 Å². The summed E-state index contributed by atoms with van der Waals surface area (Å²) in [5.74, 6) is 0. The maximum absolute atomic E-state index is 10.8. The third-order valence-corrected chi connectivity index (χ3v) is 5.68. The van der Waals surface area contributed by atoms with Gasteiger partial charge in [0.05, 0.1) is 6.10 Å². The van der Waals surface area contributed by atoms with E-state index < -0.39 is 0 Å². The van der Waals surface area contributed by atoms with Gasteiger partial charge in [0.25, 0.3) is 0 Å². The Bertz CT molecular complexity index is 663. The summed E-state index contributed by atoms with van der Waals surface area (Å²) in [6, 6.07) is 19.5. The molecule has 1 fully saturated rings. The van der Waals surface area contributed by atoms with Crippen molar-refractivity contribution in [3.8, 4) is 0 Å². The Morgan fingerprint density at radius 2 is 1.70 bits per heavy atom. The molecule has 2 heteroatoms. The van der Waals surface area contributed by atoms with E-state index in [1.54, 1.807) is 0 Å². The summed E-state index contributed by atoms with van der Waals surface area (Å²) >= 11 is 0. The molecule has 2 aliphatic carbocycles. The number of aliphatic hydroxyl groups is 1. The van der Waals surface area contributed by atoms with Crippen LogP contribution < -0.4 is 5.32 Å². The Balaban J connectivity index is 1.38. The lowest BCUT2D eigenvalue weighted by Gasteiger charge is -2.29. The number of aryl methyl sites for hydroxylation is 1. The molecule has 2 nitrogen and oxygen atoms in total. The molecule has 4 rings (SSSR count). The molecule has 0 heterocycles. The Hall–Kier alpha value is -1.64. The Morgan fingerprint density at radius 1 is 1.00 bits per heavy atom. The molecule has 1 saturated carbocycles. The molecule has 2 aliphatic rings. The van der Waals surface area contributed by atoms with Crippen LogP contribution in [0.15, 0.2) is 54.6 Å². The van der Waals surface area contributed by atoms with Gasteiger partial charge in [-0.1, -0.05) is 54.6 Å². The number of fused-ring (bicyclic) bond motifs is 1. The van der Waals surface area contributed by atoms with Gasteiger partial charge in [0.1, 0.15) is 0 Å². The number of hydrogen-bond donors (Lipinski definition) is 2. The average molecular weight is 307 g/mol. The molecule has 23 heavy (non-hydrogen) atoms. The number of hydrogen-bond acceptors (Lipinski definition) is 2. The van der Waals surface area contributed by atoms with E-state index in [1.807, 2.05) is 30.3 Å². The fourth-order valence-corrected chi connectivity index (χ4v) is 3.92. The van der Waals surface area contributed by atoms with Crippen LogP contribution in [-0.4, -0.2) is 17.7 Å². The first-order valence-electron chi connectivity index (χ1n) is 8.80. The fourth-order valence-electron chi connectivity index (χ4n) is 3.92. The van der Waals surface area contributed by atoms with Crippen LogP contribution in [0.3, 0.4) is 0 Å². The largest absolute Gasteiger partial charge is 0.388 e. The number of benzene rings is 2. The van der Waals surface area contributed by atoms with Gasteiger partial charge in [-0.3, -0.25) is 0 Å². The van der Waals surface area contributed by atoms with Gasteiger partial charge in [0.2, 0.25) is 0 Å². The summed E-state index contributed by atoms with van der Waals surface area (Å²) in [6.07, 6.45) is 5.40. The second kappa shape index (κ2) is 6.10. The lowest BCUT2D eigenvalue weighted by atomic mass is 9.87. The summed E-state index contributed by atoms with van der Waals surface area (Å²) in [7, 11) is 0. The van der Waals surface area contributed by atoms with Gasteiger partial charge in [-0.05, 0) is 48.8 Å². The van der Waals surface area contributed by atoms with E-state index in [2.05, 4.69) is 29.6 Å². The van der Waals surface area contributed by atoms with Crippen LogP contribution in [0.4, 0.5) is 0 Å². The van der Waals surface area contributed by atoms with Gasteiger partial charge in [-0.25, -0.2) is 0 Å². The van der Waals surface area contributed by atoms with Crippen molar-refractivity contribution >= 4 is 0 Å². The molecule has 2 aromatic carbocycles. The van der Waals surface area contributed by atoms with Crippen LogP contribution in [0.5, 0.6) is 0 Å². The Labute approximate surface area is 138 Å². The topological polar surface area (TPSA) is 32.3 Å². The lowest BCUT2D eigenvalue weighted by Crippen LogP contribution is -2.39. The highest BCUT2D eigenvalue weighted by Crippen LogP contribution is 2.54. The van der Waals surface area contributed by atoms with Crippen LogP contribution in [0, 0.1) is 5.41 Å². The van der Waals surface area contributed by atoms with E-state index in [4.69, 9.17) is 0 Å². The van der Waals surface area contributed by atoms with Crippen molar-refractivity contribution < 1.29 is 5.11 Å². The van der Waals surface area contributed by atoms with Gasteiger partial charge in [-0.15, -0.1) is 0 Å². The first-order chi connectivity index (χ1) is 11.3.